The lowest BCUT2D eigenvalue weighted by atomic mass is 10.0. The smallest absolute Gasteiger partial charge is 0.269 e. The zero-order valence-corrected chi connectivity index (χ0v) is 10.6. The van der Waals surface area contributed by atoms with E-state index in [9.17, 15) is 18.0 Å². The van der Waals surface area contributed by atoms with Crippen molar-refractivity contribution >= 4 is 32.8 Å². The minimum Gasteiger partial charge on any atom is -0.276 e. The van der Waals surface area contributed by atoms with Gasteiger partial charge in [0.05, 0.1) is 5.56 Å². The SMILES string of the molecule is Cc1c(C(=O)Cl)ccc2c1C(=O)N(C)S2(=O)=O. The lowest BCUT2D eigenvalue weighted by Gasteiger charge is -2.05. The molecule has 1 aliphatic rings. The van der Waals surface area contributed by atoms with Crippen molar-refractivity contribution in [3.8, 4) is 0 Å². The molecule has 0 aliphatic carbocycles. The molecule has 1 aromatic rings. The average molecular weight is 274 g/mol. The summed E-state index contributed by atoms with van der Waals surface area (Å²) in [6.45, 7) is 1.50. The largest absolute Gasteiger partial charge is 0.276 e. The van der Waals surface area contributed by atoms with Crippen LogP contribution in [0.25, 0.3) is 0 Å². The molecule has 1 amide bonds. The number of carbonyl (C=O) groups excluding carboxylic acids is 2. The summed E-state index contributed by atoms with van der Waals surface area (Å²) in [6.07, 6.45) is 0. The van der Waals surface area contributed by atoms with Crippen molar-refractivity contribution in [3.63, 3.8) is 0 Å². The summed E-state index contributed by atoms with van der Waals surface area (Å²) in [7, 11) is -2.59. The second kappa shape index (κ2) is 3.54. The summed E-state index contributed by atoms with van der Waals surface area (Å²) in [5, 5.41) is -0.718. The molecule has 0 radical (unpaired) electrons. The summed E-state index contributed by atoms with van der Waals surface area (Å²) in [6, 6.07) is 2.54. The van der Waals surface area contributed by atoms with Gasteiger partial charge in [-0.2, -0.15) is 0 Å². The van der Waals surface area contributed by atoms with E-state index < -0.39 is 21.2 Å². The van der Waals surface area contributed by atoms with Crippen molar-refractivity contribution in [3.05, 3.63) is 28.8 Å². The summed E-state index contributed by atoms with van der Waals surface area (Å²) in [4.78, 5) is 22.8. The molecule has 1 aliphatic heterocycles. The van der Waals surface area contributed by atoms with Gasteiger partial charge in [0.15, 0.2) is 0 Å². The Hall–Kier alpha value is -1.40. The first-order valence-electron chi connectivity index (χ1n) is 4.65. The predicted molar refractivity (Wildman–Crippen MR) is 60.6 cm³/mol. The monoisotopic (exact) mass is 273 g/mol. The van der Waals surface area contributed by atoms with Crippen molar-refractivity contribution < 1.29 is 18.0 Å². The topological polar surface area (TPSA) is 71.5 Å². The maximum Gasteiger partial charge on any atom is 0.269 e. The molecular weight excluding hydrogens is 266 g/mol. The lowest BCUT2D eigenvalue weighted by molar-refractivity contribution is 0.0891. The Kier molecular flexibility index (Phi) is 2.52. The average Bonchev–Trinajstić information content (AvgIpc) is 2.41. The van der Waals surface area contributed by atoms with Crippen LogP contribution in [0, 0.1) is 6.92 Å². The maximum absolute atomic E-state index is 11.8. The van der Waals surface area contributed by atoms with Crippen LogP contribution in [0.3, 0.4) is 0 Å². The number of rotatable bonds is 1. The van der Waals surface area contributed by atoms with E-state index >= 15 is 0 Å². The van der Waals surface area contributed by atoms with Crippen LogP contribution in [0.5, 0.6) is 0 Å². The van der Waals surface area contributed by atoms with Gasteiger partial charge in [-0.15, -0.1) is 0 Å². The van der Waals surface area contributed by atoms with Gasteiger partial charge in [-0.05, 0) is 36.2 Å². The molecule has 0 aromatic heterocycles. The number of hydrogen-bond donors (Lipinski definition) is 0. The molecule has 17 heavy (non-hydrogen) atoms. The van der Waals surface area contributed by atoms with E-state index in [0.29, 0.717) is 9.87 Å². The van der Waals surface area contributed by atoms with Crippen LogP contribution in [0.15, 0.2) is 17.0 Å². The standard InChI is InChI=1S/C10H8ClNO4S/c1-5-6(9(11)13)3-4-7-8(5)10(14)12(2)17(7,15)16/h3-4H,1-2H3. The molecule has 0 N–H and O–H groups in total. The third-order valence-corrected chi connectivity index (χ3v) is 4.76. The highest BCUT2D eigenvalue weighted by Crippen LogP contribution is 2.33. The Morgan fingerprint density at radius 3 is 2.47 bits per heavy atom. The lowest BCUT2D eigenvalue weighted by Crippen LogP contribution is -2.25. The van der Waals surface area contributed by atoms with Gasteiger partial charge < -0.3 is 0 Å². The number of sulfonamides is 1. The van der Waals surface area contributed by atoms with Crippen molar-refractivity contribution in [1.82, 2.24) is 4.31 Å². The molecule has 0 saturated carbocycles. The van der Waals surface area contributed by atoms with E-state index in [1.54, 1.807) is 0 Å². The molecule has 90 valence electrons. The molecule has 0 fully saturated rings. The second-order valence-corrected chi connectivity index (χ2v) is 5.94. The van der Waals surface area contributed by atoms with Gasteiger partial charge in [-0.3, -0.25) is 9.59 Å². The van der Waals surface area contributed by atoms with Crippen molar-refractivity contribution in [2.24, 2.45) is 0 Å². The Bertz CT molecular complexity index is 651. The Morgan fingerprint density at radius 1 is 1.35 bits per heavy atom. The van der Waals surface area contributed by atoms with E-state index in [2.05, 4.69) is 0 Å². The number of hydrogen-bond acceptors (Lipinski definition) is 4. The molecule has 7 heteroatoms. The Balaban J connectivity index is 2.85. The van der Waals surface area contributed by atoms with Crippen molar-refractivity contribution in [1.29, 1.82) is 0 Å². The third-order valence-electron chi connectivity index (χ3n) is 2.78. The van der Waals surface area contributed by atoms with Crippen LogP contribution in [0.1, 0.15) is 26.3 Å². The number of halogens is 1. The fourth-order valence-electron chi connectivity index (χ4n) is 1.79. The second-order valence-electron chi connectivity index (χ2n) is 3.66. The zero-order valence-electron chi connectivity index (χ0n) is 9.02. The predicted octanol–water partition coefficient (Wildman–Crippen LogP) is 1.15. The first-order chi connectivity index (χ1) is 7.78. The van der Waals surface area contributed by atoms with Gasteiger partial charge in [0, 0.05) is 12.6 Å². The highest BCUT2D eigenvalue weighted by atomic mass is 35.5. The molecule has 0 spiro atoms. The molecule has 0 unspecified atom stereocenters. The first kappa shape index (κ1) is 12.1. The van der Waals surface area contributed by atoms with Gasteiger partial charge in [0.25, 0.3) is 21.2 Å². The van der Waals surface area contributed by atoms with Crippen LogP contribution in [-0.4, -0.2) is 30.9 Å². The first-order valence-corrected chi connectivity index (χ1v) is 6.47. The fraction of sp³-hybridized carbons (Fsp3) is 0.200. The maximum atomic E-state index is 11.8. The normalized spacial score (nSPS) is 17.1. The van der Waals surface area contributed by atoms with Crippen LogP contribution in [0.2, 0.25) is 0 Å². The molecule has 2 rings (SSSR count). The van der Waals surface area contributed by atoms with E-state index in [1.165, 1.54) is 26.1 Å². The van der Waals surface area contributed by atoms with Gasteiger partial charge in [0.1, 0.15) is 4.90 Å². The molecule has 1 aromatic carbocycles. The van der Waals surface area contributed by atoms with Crippen molar-refractivity contribution in [2.75, 3.05) is 7.05 Å². The number of fused-ring (bicyclic) bond motifs is 1. The summed E-state index contributed by atoms with van der Waals surface area (Å²) in [5.74, 6) is -0.641. The molecule has 0 saturated heterocycles. The van der Waals surface area contributed by atoms with Crippen LogP contribution < -0.4 is 0 Å². The van der Waals surface area contributed by atoms with E-state index in [1.807, 2.05) is 0 Å². The minimum absolute atomic E-state index is 0.0269. The van der Waals surface area contributed by atoms with Gasteiger partial charge in [-0.25, -0.2) is 12.7 Å². The van der Waals surface area contributed by atoms with E-state index in [-0.39, 0.29) is 16.0 Å². The minimum atomic E-state index is -3.77. The number of carbonyl (C=O) groups is 2. The Labute approximate surface area is 103 Å². The van der Waals surface area contributed by atoms with Crippen LogP contribution in [0.4, 0.5) is 0 Å². The molecular formula is C10H8ClNO4S. The number of benzene rings is 1. The van der Waals surface area contributed by atoms with Crippen LogP contribution >= 0.6 is 11.6 Å². The van der Waals surface area contributed by atoms with E-state index in [0.717, 1.165) is 0 Å². The summed E-state index contributed by atoms with van der Waals surface area (Å²) in [5.41, 5.74) is 0.462. The van der Waals surface area contributed by atoms with Crippen LogP contribution in [-0.2, 0) is 10.0 Å². The molecule has 1 heterocycles. The quantitative estimate of drug-likeness (QED) is 0.720. The van der Waals surface area contributed by atoms with Gasteiger partial charge in [0.2, 0.25) is 0 Å². The fourth-order valence-corrected chi connectivity index (χ4v) is 3.34. The summed E-state index contributed by atoms with van der Waals surface area (Å²) >= 11 is 5.35. The third kappa shape index (κ3) is 1.48. The van der Waals surface area contributed by atoms with Crippen molar-refractivity contribution in [2.45, 2.75) is 11.8 Å². The highest BCUT2D eigenvalue weighted by molar-refractivity contribution is 7.90. The highest BCUT2D eigenvalue weighted by Gasteiger charge is 2.40. The Morgan fingerprint density at radius 2 is 1.94 bits per heavy atom. The van der Waals surface area contributed by atoms with Gasteiger partial charge in [-0.1, -0.05) is 0 Å². The number of nitrogens with zero attached hydrogens (tertiary/aromatic N) is 1. The molecule has 0 bridgehead atoms. The molecule has 0 atom stereocenters. The number of amides is 1. The molecule has 5 nitrogen and oxygen atoms in total. The van der Waals surface area contributed by atoms with Gasteiger partial charge >= 0.3 is 0 Å². The zero-order chi connectivity index (χ0) is 13.0. The van der Waals surface area contributed by atoms with E-state index in [4.69, 9.17) is 11.6 Å². The summed E-state index contributed by atoms with van der Waals surface area (Å²) < 4.78 is 24.3.